The molecule has 4 aliphatic rings. The van der Waals surface area contributed by atoms with Gasteiger partial charge in [0, 0.05) is 18.7 Å². The molecule has 1 aliphatic heterocycles. The predicted molar refractivity (Wildman–Crippen MR) is 116 cm³/mol. The van der Waals surface area contributed by atoms with Gasteiger partial charge in [0.2, 0.25) is 11.8 Å². The number of amides is 2. The van der Waals surface area contributed by atoms with Crippen LogP contribution in [0.15, 0.2) is 12.2 Å². The third kappa shape index (κ3) is 3.58. The van der Waals surface area contributed by atoms with Crippen molar-refractivity contribution in [2.45, 2.75) is 90.4 Å². The normalized spacial score (nSPS) is 42.5. The van der Waals surface area contributed by atoms with Crippen molar-refractivity contribution in [3.8, 4) is 0 Å². The highest BCUT2D eigenvalue weighted by Gasteiger charge is 2.61. The van der Waals surface area contributed by atoms with Crippen molar-refractivity contribution in [1.29, 1.82) is 0 Å². The third-order valence-electron chi connectivity index (χ3n) is 9.92. The topological polar surface area (TPSA) is 49.4 Å². The number of carbonyl (C=O) groups excluding carboxylic acids is 2. The van der Waals surface area contributed by atoms with Crippen molar-refractivity contribution in [1.82, 2.24) is 10.2 Å². The molecule has 0 aromatic heterocycles. The summed E-state index contributed by atoms with van der Waals surface area (Å²) in [6.07, 6.45) is 4.07. The number of rotatable bonds is 3. The van der Waals surface area contributed by atoms with E-state index < -0.39 is 29.6 Å². The maximum Gasteiger partial charge on any atom is 0.414 e. The Morgan fingerprint density at radius 1 is 1.16 bits per heavy atom. The molecule has 2 amide bonds. The summed E-state index contributed by atoms with van der Waals surface area (Å²) < 4.78 is 39.0. The summed E-state index contributed by atoms with van der Waals surface area (Å²) in [7, 11) is 1.77. The largest absolute Gasteiger partial charge is 0.414 e. The van der Waals surface area contributed by atoms with Gasteiger partial charge in [0.1, 0.15) is 5.92 Å². The molecule has 0 bridgehead atoms. The molecule has 0 radical (unpaired) electrons. The monoisotopic (exact) mass is 454 g/mol. The Kier molecular flexibility index (Phi) is 5.73. The number of nitrogens with zero attached hydrogens (tertiary/aromatic N) is 1. The summed E-state index contributed by atoms with van der Waals surface area (Å²) in [5.41, 5.74) is -0.774. The van der Waals surface area contributed by atoms with E-state index in [1.165, 1.54) is 32.6 Å². The van der Waals surface area contributed by atoms with Crippen LogP contribution in [0.5, 0.6) is 0 Å². The molecule has 1 N–H and O–H groups in total. The van der Waals surface area contributed by atoms with E-state index in [0.717, 1.165) is 19.3 Å². The summed E-state index contributed by atoms with van der Waals surface area (Å²) in [5.74, 6) is -0.0415. The van der Waals surface area contributed by atoms with E-state index in [1.54, 1.807) is 11.9 Å². The minimum atomic E-state index is -4.58. The molecule has 0 aromatic carbocycles. The Morgan fingerprint density at radius 3 is 2.50 bits per heavy atom. The van der Waals surface area contributed by atoms with Crippen molar-refractivity contribution < 1.29 is 22.8 Å². The number of carbonyl (C=O) groups is 2. The van der Waals surface area contributed by atoms with E-state index in [1.807, 2.05) is 0 Å². The lowest BCUT2D eigenvalue weighted by Gasteiger charge is -2.62. The third-order valence-corrected chi connectivity index (χ3v) is 9.92. The van der Waals surface area contributed by atoms with Gasteiger partial charge >= 0.3 is 6.18 Å². The summed E-state index contributed by atoms with van der Waals surface area (Å²) in [6.45, 7) is 9.04. The SMILES string of the molecule is C=C(C(C)NC(=O)C1C[C@@]2(C)C(CC[C@@H]3[C@H]2CC[C@]2(C)CCC[C@@H]32)N(C)C1=O)C(F)(F)F. The van der Waals surface area contributed by atoms with Crippen molar-refractivity contribution in [2.75, 3.05) is 7.05 Å². The minimum absolute atomic E-state index is 0.0913. The fraction of sp³-hybridized carbons (Fsp3) is 0.840. The van der Waals surface area contributed by atoms with E-state index in [0.29, 0.717) is 29.6 Å². The second-order valence-electron chi connectivity index (χ2n) is 11.5. The number of nitrogens with one attached hydrogen (secondary N) is 1. The first-order valence-corrected chi connectivity index (χ1v) is 12.1. The first-order chi connectivity index (χ1) is 14.8. The quantitative estimate of drug-likeness (QED) is 0.477. The van der Waals surface area contributed by atoms with Crippen LogP contribution in [0.1, 0.15) is 72.1 Å². The average Bonchev–Trinajstić information content (AvgIpc) is 3.11. The summed E-state index contributed by atoms with van der Waals surface area (Å²) in [5, 5.41) is 2.43. The van der Waals surface area contributed by atoms with Gasteiger partial charge in [-0.2, -0.15) is 13.2 Å². The molecule has 32 heavy (non-hydrogen) atoms. The van der Waals surface area contributed by atoms with Gasteiger partial charge in [-0.15, -0.1) is 0 Å². The van der Waals surface area contributed by atoms with E-state index >= 15 is 0 Å². The van der Waals surface area contributed by atoms with Crippen LogP contribution in [0.2, 0.25) is 0 Å². The Hall–Kier alpha value is -1.53. The molecule has 180 valence electrons. The first kappa shape index (κ1) is 23.6. The molecule has 7 heteroatoms. The summed E-state index contributed by atoms with van der Waals surface area (Å²) in [4.78, 5) is 27.9. The Bertz CT molecular complexity index is 811. The van der Waals surface area contributed by atoms with Crippen LogP contribution in [0.25, 0.3) is 0 Å². The number of piperidine rings is 1. The lowest BCUT2D eigenvalue weighted by molar-refractivity contribution is -0.169. The smallest absolute Gasteiger partial charge is 0.349 e. The lowest BCUT2D eigenvalue weighted by atomic mass is 9.47. The Morgan fingerprint density at radius 2 is 1.84 bits per heavy atom. The maximum absolute atomic E-state index is 13.1. The molecule has 3 aliphatic carbocycles. The van der Waals surface area contributed by atoms with Gasteiger partial charge in [-0.3, -0.25) is 9.59 Å². The van der Waals surface area contributed by atoms with E-state index in [2.05, 4.69) is 25.7 Å². The zero-order chi connectivity index (χ0) is 23.6. The Labute approximate surface area is 189 Å². The second-order valence-corrected chi connectivity index (χ2v) is 11.5. The highest BCUT2D eigenvalue weighted by molar-refractivity contribution is 6.01. The van der Waals surface area contributed by atoms with Crippen molar-refractivity contribution in [3.63, 3.8) is 0 Å². The standard InChI is InChI=1S/C25H37F3N2O2/c1-14(25(26,27)28)15(2)29-21(31)17-13-24(4)19-10-12-23(3)11-6-7-18(23)16(19)8-9-20(24)30(5)22(17)32/h15-20H,1,6-13H2,2-5H3,(H,29,31)/t15?,16-,17?,18-,19+,20?,23-,24+/m0/s1. The van der Waals surface area contributed by atoms with Gasteiger partial charge in [0.05, 0.1) is 6.04 Å². The highest BCUT2D eigenvalue weighted by atomic mass is 19.4. The molecule has 4 rings (SSSR count). The molecule has 4 nitrogen and oxygen atoms in total. The molecular weight excluding hydrogens is 417 g/mol. The zero-order valence-corrected chi connectivity index (χ0v) is 19.7. The fourth-order valence-corrected chi connectivity index (χ4v) is 8.13. The molecule has 4 fully saturated rings. The highest BCUT2D eigenvalue weighted by Crippen LogP contribution is 2.65. The van der Waals surface area contributed by atoms with Gasteiger partial charge in [-0.05, 0) is 80.5 Å². The molecule has 1 saturated heterocycles. The average molecular weight is 455 g/mol. The van der Waals surface area contributed by atoms with Gasteiger partial charge in [0.15, 0.2) is 0 Å². The summed E-state index contributed by atoms with van der Waals surface area (Å²) in [6, 6.07) is -1.17. The van der Waals surface area contributed by atoms with E-state index in [4.69, 9.17) is 0 Å². The fourth-order valence-electron chi connectivity index (χ4n) is 8.13. The second kappa shape index (κ2) is 7.76. The van der Waals surface area contributed by atoms with Gasteiger partial charge < -0.3 is 10.2 Å². The van der Waals surface area contributed by atoms with Crippen LogP contribution in [0, 0.1) is 34.5 Å². The molecule has 1 heterocycles. The number of hydrogen-bond donors (Lipinski definition) is 1. The molecule has 3 saturated carbocycles. The van der Waals surface area contributed by atoms with Crippen LogP contribution in [0.4, 0.5) is 13.2 Å². The number of alkyl halides is 3. The van der Waals surface area contributed by atoms with Crippen molar-refractivity contribution in [2.24, 2.45) is 34.5 Å². The molecule has 0 aromatic rings. The molecule has 8 atom stereocenters. The Balaban J connectivity index is 1.56. The first-order valence-electron chi connectivity index (χ1n) is 12.1. The van der Waals surface area contributed by atoms with Gasteiger partial charge in [-0.25, -0.2) is 0 Å². The van der Waals surface area contributed by atoms with Gasteiger partial charge in [-0.1, -0.05) is 26.8 Å². The van der Waals surface area contributed by atoms with Crippen LogP contribution in [0.3, 0.4) is 0 Å². The molecular formula is C25H37F3N2O2. The van der Waals surface area contributed by atoms with Crippen molar-refractivity contribution >= 4 is 11.8 Å². The van der Waals surface area contributed by atoms with Crippen LogP contribution >= 0.6 is 0 Å². The minimum Gasteiger partial charge on any atom is -0.349 e. The molecule has 0 spiro atoms. The summed E-state index contributed by atoms with van der Waals surface area (Å²) >= 11 is 0. The lowest BCUT2D eigenvalue weighted by Crippen LogP contribution is -2.65. The number of likely N-dealkylation sites (tertiary alicyclic amines) is 1. The van der Waals surface area contributed by atoms with Crippen LogP contribution in [-0.4, -0.2) is 42.0 Å². The van der Waals surface area contributed by atoms with Gasteiger partial charge in [0.25, 0.3) is 0 Å². The number of halogens is 3. The maximum atomic E-state index is 13.1. The zero-order valence-electron chi connectivity index (χ0n) is 19.7. The van der Waals surface area contributed by atoms with E-state index in [9.17, 15) is 22.8 Å². The van der Waals surface area contributed by atoms with Crippen LogP contribution in [-0.2, 0) is 9.59 Å². The van der Waals surface area contributed by atoms with E-state index in [-0.39, 0.29) is 17.4 Å². The van der Waals surface area contributed by atoms with Crippen molar-refractivity contribution in [3.05, 3.63) is 12.2 Å². The number of fused-ring (bicyclic) bond motifs is 5. The predicted octanol–water partition coefficient (Wildman–Crippen LogP) is 5.09. The molecule has 3 unspecified atom stereocenters. The van der Waals surface area contributed by atoms with Crippen LogP contribution < -0.4 is 5.32 Å². The number of hydrogen-bond acceptors (Lipinski definition) is 2.